The summed E-state index contributed by atoms with van der Waals surface area (Å²) in [6.45, 7) is 0.504. The number of halogens is 2. The third-order valence-electron chi connectivity index (χ3n) is 7.82. The van der Waals surface area contributed by atoms with Crippen molar-refractivity contribution in [1.82, 2.24) is 31.3 Å². The molecule has 0 bridgehead atoms. The van der Waals surface area contributed by atoms with Gasteiger partial charge >= 0.3 is 23.9 Å². The number of carboxylic acids is 4. The van der Waals surface area contributed by atoms with E-state index in [1.165, 1.54) is 6.07 Å². The third kappa shape index (κ3) is 22.7. The van der Waals surface area contributed by atoms with Gasteiger partial charge in [-0.1, -0.05) is 24.4 Å². The van der Waals surface area contributed by atoms with Gasteiger partial charge < -0.3 is 51.1 Å². The number of nitrogens with one attached hydrogen (secondary N) is 5. The molecule has 0 saturated heterocycles. The highest BCUT2D eigenvalue weighted by Gasteiger charge is 2.25. The highest BCUT2D eigenvalue weighted by Crippen LogP contribution is 2.28. The molecule has 4 amide bonds. The number of amides is 4. The number of rotatable bonds is 31. The summed E-state index contributed by atoms with van der Waals surface area (Å²) in [5, 5.41) is 48.8. The fraction of sp³-hybridized carbons (Fsp3) is 0.606. The van der Waals surface area contributed by atoms with Gasteiger partial charge in [0.1, 0.15) is 18.1 Å². The van der Waals surface area contributed by atoms with E-state index in [4.69, 9.17) is 26.3 Å². The Kier molecular flexibility index (Phi) is 24.7. The molecule has 56 heavy (non-hydrogen) atoms. The standard InChI is InChI=1S/C33H49ClFN6O14P/c34-21-18-20(19-38-29(21)35)30(47)37-16-6-1-3-9-25(42)36-15-5-2-4-10-26(43)40-23(32(50)51)11-13-27(44)39-22(31(48)49)8-7-17-55-56(54)41-24(33(52)53)12-14-28(45)46/h18-19,22-24,41,54H,1-17H2,(H,36,42)(H,37,47)(H,39,44)(H,40,43)(H,45,46)(H,48,49)(H,50,51)(H,52,53)/t22-,23-,24-,56?/m0/s1. The van der Waals surface area contributed by atoms with Crippen LogP contribution in [0.25, 0.3) is 0 Å². The van der Waals surface area contributed by atoms with Crippen molar-refractivity contribution < 1.29 is 72.6 Å². The van der Waals surface area contributed by atoms with Gasteiger partial charge in [0.25, 0.3) is 14.4 Å². The lowest BCUT2D eigenvalue weighted by Crippen LogP contribution is -2.44. The molecule has 0 aliphatic rings. The van der Waals surface area contributed by atoms with E-state index < -0.39 is 87.0 Å². The van der Waals surface area contributed by atoms with E-state index in [1.807, 2.05) is 0 Å². The summed E-state index contributed by atoms with van der Waals surface area (Å²) in [6.07, 6.45) is 3.14. The van der Waals surface area contributed by atoms with Crippen molar-refractivity contribution in [1.29, 1.82) is 0 Å². The monoisotopic (exact) mass is 838 g/mol. The molecule has 1 unspecified atom stereocenters. The molecular formula is C33H49ClFN6O14P. The van der Waals surface area contributed by atoms with E-state index in [9.17, 15) is 57.9 Å². The molecule has 0 aliphatic carbocycles. The first-order chi connectivity index (χ1) is 26.5. The normalized spacial score (nSPS) is 13.1. The molecule has 23 heteroatoms. The Bertz CT molecular complexity index is 1500. The van der Waals surface area contributed by atoms with E-state index in [-0.39, 0.29) is 61.6 Å². The smallest absolute Gasteiger partial charge is 0.326 e. The molecule has 4 atom stereocenters. The van der Waals surface area contributed by atoms with Crippen molar-refractivity contribution in [2.24, 2.45) is 0 Å². The van der Waals surface area contributed by atoms with E-state index in [0.717, 1.165) is 6.20 Å². The maximum atomic E-state index is 13.1. The average molecular weight is 839 g/mol. The number of carbonyl (C=O) groups is 8. The molecule has 0 spiro atoms. The van der Waals surface area contributed by atoms with Crippen LogP contribution in [-0.2, 0) is 38.1 Å². The quantitative estimate of drug-likeness (QED) is 0.0289. The second-order valence-electron chi connectivity index (χ2n) is 12.4. The van der Waals surface area contributed by atoms with Gasteiger partial charge in [0.15, 0.2) is 0 Å². The van der Waals surface area contributed by atoms with Gasteiger partial charge in [-0.2, -0.15) is 4.39 Å². The summed E-state index contributed by atoms with van der Waals surface area (Å²) in [6, 6.07) is -3.01. The first-order valence-electron chi connectivity index (χ1n) is 17.7. The SMILES string of the molecule is O=C(O)CC[C@H](NP(O)OCCC[C@H](NC(=O)CC[C@H](NC(=O)CCCCCNC(=O)CCCCCNC(=O)c1cnc(F)c(Cl)c1)C(=O)O)C(=O)O)C(=O)O. The van der Waals surface area contributed by atoms with E-state index in [0.29, 0.717) is 51.6 Å². The summed E-state index contributed by atoms with van der Waals surface area (Å²) in [5.41, 5.74) is 0.136. The Morgan fingerprint density at radius 1 is 0.696 bits per heavy atom. The fourth-order valence-corrected chi connectivity index (χ4v) is 5.83. The van der Waals surface area contributed by atoms with Gasteiger partial charge in [-0.05, 0) is 57.4 Å². The zero-order chi connectivity index (χ0) is 42.0. The molecule has 314 valence electrons. The number of carboxylic acid groups (broad SMARTS) is 4. The second-order valence-corrected chi connectivity index (χ2v) is 13.8. The van der Waals surface area contributed by atoms with Gasteiger partial charge in [0.05, 0.1) is 17.2 Å². The summed E-state index contributed by atoms with van der Waals surface area (Å²) < 4.78 is 18.2. The van der Waals surface area contributed by atoms with Crippen LogP contribution >= 0.6 is 20.1 Å². The van der Waals surface area contributed by atoms with Crippen molar-refractivity contribution in [3.8, 4) is 0 Å². The molecule has 1 aromatic heterocycles. The first-order valence-corrected chi connectivity index (χ1v) is 19.3. The average Bonchev–Trinajstić information content (AvgIpc) is 3.13. The Hall–Kier alpha value is -4.56. The van der Waals surface area contributed by atoms with Gasteiger partial charge in [-0.3, -0.25) is 28.8 Å². The number of carbonyl (C=O) groups excluding carboxylic acids is 4. The lowest BCUT2D eigenvalue weighted by Gasteiger charge is -2.19. The van der Waals surface area contributed by atoms with Gasteiger partial charge in [0, 0.05) is 45.0 Å². The number of pyridine rings is 1. The van der Waals surface area contributed by atoms with E-state index in [2.05, 4.69) is 31.3 Å². The largest absolute Gasteiger partial charge is 0.481 e. The van der Waals surface area contributed by atoms with Crippen LogP contribution in [0.1, 0.15) is 100 Å². The molecule has 0 aromatic carbocycles. The zero-order valence-corrected chi connectivity index (χ0v) is 32.1. The topological polar surface area (TPSA) is 320 Å². The van der Waals surface area contributed by atoms with Crippen molar-refractivity contribution in [2.75, 3.05) is 19.7 Å². The predicted octanol–water partition coefficient (Wildman–Crippen LogP) is 1.68. The molecule has 20 nitrogen and oxygen atoms in total. The van der Waals surface area contributed by atoms with E-state index >= 15 is 0 Å². The number of nitrogens with zero attached hydrogens (tertiary/aromatic N) is 1. The van der Waals surface area contributed by atoms with Gasteiger partial charge in [0.2, 0.25) is 23.7 Å². The van der Waals surface area contributed by atoms with Crippen LogP contribution < -0.4 is 26.4 Å². The Balaban J connectivity index is 2.23. The van der Waals surface area contributed by atoms with Gasteiger partial charge in [-0.25, -0.2) is 19.7 Å². The zero-order valence-electron chi connectivity index (χ0n) is 30.5. The lowest BCUT2D eigenvalue weighted by atomic mass is 10.1. The Morgan fingerprint density at radius 2 is 1.23 bits per heavy atom. The van der Waals surface area contributed by atoms with Crippen LogP contribution in [0, 0.1) is 5.95 Å². The molecule has 0 radical (unpaired) electrons. The summed E-state index contributed by atoms with van der Waals surface area (Å²) in [7, 11) is -2.48. The van der Waals surface area contributed by atoms with Crippen molar-refractivity contribution in [3.63, 3.8) is 0 Å². The van der Waals surface area contributed by atoms with Crippen molar-refractivity contribution in [2.45, 2.75) is 108 Å². The van der Waals surface area contributed by atoms with Crippen molar-refractivity contribution >= 4 is 67.6 Å². The lowest BCUT2D eigenvalue weighted by molar-refractivity contribution is -0.143. The second kappa shape index (κ2) is 27.9. The molecule has 1 aromatic rings. The Labute approximate surface area is 327 Å². The van der Waals surface area contributed by atoms with Crippen LogP contribution in [0.3, 0.4) is 0 Å². The van der Waals surface area contributed by atoms with Gasteiger partial charge in [-0.15, -0.1) is 0 Å². The van der Waals surface area contributed by atoms with Crippen molar-refractivity contribution in [3.05, 3.63) is 28.8 Å². The Morgan fingerprint density at radius 3 is 1.80 bits per heavy atom. The highest BCUT2D eigenvalue weighted by molar-refractivity contribution is 7.43. The van der Waals surface area contributed by atoms with Crippen LogP contribution in [0.15, 0.2) is 12.3 Å². The molecule has 1 rings (SSSR count). The number of aliphatic carboxylic acids is 4. The number of hydrogen-bond acceptors (Lipinski definition) is 12. The molecular weight excluding hydrogens is 790 g/mol. The minimum atomic E-state index is -2.48. The highest BCUT2D eigenvalue weighted by atomic mass is 35.5. The fourth-order valence-electron chi connectivity index (χ4n) is 4.78. The molecule has 1 heterocycles. The van der Waals surface area contributed by atoms with Crippen LogP contribution in [0.5, 0.6) is 0 Å². The molecule has 0 saturated carbocycles. The number of aromatic nitrogens is 1. The predicted molar refractivity (Wildman–Crippen MR) is 196 cm³/mol. The van der Waals surface area contributed by atoms with Crippen LogP contribution in [0.4, 0.5) is 4.39 Å². The summed E-state index contributed by atoms with van der Waals surface area (Å²) in [4.78, 5) is 107. The minimum absolute atomic E-state index is 0.000813. The minimum Gasteiger partial charge on any atom is -0.481 e. The van der Waals surface area contributed by atoms with Crippen LogP contribution in [0.2, 0.25) is 5.02 Å². The van der Waals surface area contributed by atoms with Crippen LogP contribution in [-0.4, -0.2) is 116 Å². The molecule has 0 fully saturated rings. The summed E-state index contributed by atoms with van der Waals surface area (Å²) in [5.74, 6) is -8.20. The maximum Gasteiger partial charge on any atom is 0.326 e. The molecule has 10 N–H and O–H groups in total. The third-order valence-corrected chi connectivity index (χ3v) is 9.04. The number of hydrogen-bond donors (Lipinski definition) is 10. The number of unbranched alkanes of at least 4 members (excludes halogenated alkanes) is 4. The molecule has 0 aliphatic heterocycles. The first kappa shape index (κ1) is 49.5. The summed E-state index contributed by atoms with van der Waals surface area (Å²) >= 11 is 5.63. The van der Waals surface area contributed by atoms with E-state index in [1.54, 1.807) is 0 Å². The maximum absolute atomic E-state index is 13.1.